The third-order valence-corrected chi connectivity index (χ3v) is 18.5. The fourth-order valence-electron chi connectivity index (χ4n) is 12.1. The number of amides is 1. The van der Waals surface area contributed by atoms with Crippen LogP contribution in [0.5, 0.6) is 0 Å². The minimum absolute atomic E-state index is 0.0939. The Balaban J connectivity index is 0.000000185. The molecule has 85 heavy (non-hydrogen) atoms. The van der Waals surface area contributed by atoms with Crippen LogP contribution in [-0.2, 0) is 32.9 Å². The Bertz CT molecular complexity index is 3700. The van der Waals surface area contributed by atoms with Crippen LogP contribution in [0.15, 0.2) is 119 Å². The van der Waals surface area contributed by atoms with Gasteiger partial charge in [0.15, 0.2) is 5.69 Å². The number of aryl methyl sites for hydroxylation is 4. The quantitative estimate of drug-likeness (QED) is 0.0906. The van der Waals surface area contributed by atoms with Crippen molar-refractivity contribution in [1.82, 2.24) is 20.2 Å². The Morgan fingerprint density at radius 2 is 0.976 bits per heavy atom. The molecule has 4 aromatic carbocycles. The molecule has 0 saturated carbocycles. The van der Waals surface area contributed by atoms with E-state index in [1.165, 1.54) is 6.07 Å². The number of nitrogens with zero attached hydrogens (tertiary/aromatic N) is 9. The molecule has 6 aromatic rings. The second-order valence-electron chi connectivity index (χ2n) is 22.8. The number of piperidine rings is 2. The molecule has 10 rings (SSSR count). The molecule has 4 saturated heterocycles. The molecule has 0 aliphatic carbocycles. The van der Waals surface area contributed by atoms with Gasteiger partial charge in [-0.05, 0) is 163 Å². The first-order valence-corrected chi connectivity index (χ1v) is 32.1. The van der Waals surface area contributed by atoms with Crippen molar-refractivity contribution < 1.29 is 31.5 Å². The Morgan fingerprint density at radius 1 is 0.565 bits per heavy atom. The van der Waals surface area contributed by atoms with Crippen LogP contribution in [0.2, 0.25) is 0 Å². The van der Waals surface area contributed by atoms with E-state index in [0.29, 0.717) is 71.3 Å². The maximum atomic E-state index is 13.8. The Morgan fingerprint density at radius 3 is 1.40 bits per heavy atom. The SMILES string of the molecule is C[C@H]1CN(c2ccccc2S(N)(=O)=O)CCN1.Cc1cc(C)c(C(=O)N2CCN(c3ccccc3S(N)(=O)=O)C[C@@H]2C)nc1CC1CCN(c2ccccc2C#N)CC1.Cc1cc(C)c(C(=O)O)nc1CC1CCN(c2ccccc2C#N)CC1. The van der Waals surface area contributed by atoms with Crippen LogP contribution < -0.4 is 35.2 Å². The summed E-state index contributed by atoms with van der Waals surface area (Å²) in [7, 11) is -7.53. The van der Waals surface area contributed by atoms with Crippen LogP contribution in [0.1, 0.15) is 105 Å². The highest BCUT2D eigenvalue weighted by Gasteiger charge is 2.33. The van der Waals surface area contributed by atoms with Crippen molar-refractivity contribution in [2.45, 2.75) is 102 Å². The van der Waals surface area contributed by atoms with Crippen molar-refractivity contribution >= 4 is 54.7 Å². The minimum atomic E-state index is -3.87. The van der Waals surface area contributed by atoms with Gasteiger partial charge in [0.25, 0.3) is 5.91 Å². The molecule has 0 radical (unpaired) electrons. The molecular weight excluding hydrogens is 1110 g/mol. The summed E-state index contributed by atoms with van der Waals surface area (Å²) >= 11 is 0. The zero-order chi connectivity index (χ0) is 61.2. The van der Waals surface area contributed by atoms with Crippen LogP contribution >= 0.6 is 0 Å². The molecular formula is C64H78N12O7S2. The zero-order valence-corrected chi connectivity index (χ0v) is 51.0. The Kier molecular flexibility index (Phi) is 20.7. The average Bonchev–Trinajstić information content (AvgIpc) is 3.66. The van der Waals surface area contributed by atoms with E-state index in [0.717, 1.165) is 124 Å². The maximum absolute atomic E-state index is 13.8. The van der Waals surface area contributed by atoms with E-state index in [9.17, 15) is 42.1 Å². The molecule has 0 unspecified atom stereocenters. The lowest BCUT2D eigenvalue weighted by Crippen LogP contribution is -2.54. The predicted octanol–water partition coefficient (Wildman–Crippen LogP) is 7.89. The maximum Gasteiger partial charge on any atom is 0.354 e. The van der Waals surface area contributed by atoms with Crippen molar-refractivity contribution in [2.24, 2.45) is 22.1 Å². The van der Waals surface area contributed by atoms with Crippen LogP contribution in [0.3, 0.4) is 0 Å². The van der Waals surface area contributed by atoms with E-state index in [1.807, 2.05) is 91.2 Å². The molecule has 2 atom stereocenters. The number of rotatable bonds is 12. The van der Waals surface area contributed by atoms with Crippen LogP contribution in [0, 0.1) is 62.2 Å². The standard InChI is InChI=1S/C32H38N6O3S.C21H23N3O2.C11H17N3O2S/c1-22-18-23(2)31(35-27(22)19-25-12-14-36(15-13-25)28-9-5-4-8-26(28)20-33)32(39)38-17-16-37(21-24(38)3)29-10-6-7-11-30(29)42(34,40)41;1-14-11-15(2)20(21(25)26)23-18(14)12-16-7-9-24(10-8-16)19-6-4-3-5-17(19)13-22;1-9-8-14(7-6-13-9)10-4-2-3-5-11(10)17(12,15)16/h4-11,18,24-25H,12-17,19,21H2,1-3H3,(H2,34,40,41);3-6,11,16H,7-10,12H2,1-2H3,(H,25,26);2-5,9,13H,6-8H2,1H3,(H2,12,15,16)/t24-;;9-/m0.0/s1. The van der Waals surface area contributed by atoms with E-state index < -0.39 is 26.0 Å². The molecule has 0 spiro atoms. The highest BCUT2D eigenvalue weighted by atomic mass is 32.2. The van der Waals surface area contributed by atoms with Gasteiger partial charge in [-0.25, -0.2) is 41.9 Å². The molecule has 2 aromatic heterocycles. The molecule has 19 nitrogen and oxygen atoms in total. The van der Waals surface area contributed by atoms with Gasteiger partial charge in [0.1, 0.15) is 27.6 Å². The Labute approximate surface area is 501 Å². The van der Waals surface area contributed by atoms with Crippen molar-refractivity contribution in [3.8, 4) is 12.1 Å². The third-order valence-electron chi connectivity index (χ3n) is 16.6. The van der Waals surface area contributed by atoms with Crippen molar-refractivity contribution in [3.05, 3.63) is 165 Å². The number of hydrogen-bond donors (Lipinski definition) is 4. The fraction of sp³-hybridized carbons (Fsp3) is 0.406. The first kappa shape index (κ1) is 63.1. The normalized spacial score (nSPS) is 17.8. The second-order valence-corrected chi connectivity index (χ2v) is 25.8. The van der Waals surface area contributed by atoms with E-state index in [-0.39, 0.29) is 27.4 Å². The lowest BCUT2D eigenvalue weighted by atomic mass is 9.90. The Hall–Kier alpha value is -7.92. The van der Waals surface area contributed by atoms with E-state index in [1.54, 1.807) is 43.3 Å². The van der Waals surface area contributed by atoms with Gasteiger partial charge in [-0.15, -0.1) is 0 Å². The molecule has 1 amide bonds. The molecule has 4 aliphatic heterocycles. The van der Waals surface area contributed by atoms with Crippen LogP contribution in [0.25, 0.3) is 0 Å². The number of carbonyl (C=O) groups excluding carboxylic acids is 1. The van der Waals surface area contributed by atoms with E-state index in [4.69, 9.17) is 15.3 Å². The molecule has 4 aliphatic rings. The lowest BCUT2D eigenvalue weighted by Gasteiger charge is -2.41. The summed E-state index contributed by atoms with van der Waals surface area (Å²) in [6, 6.07) is 37.8. The summed E-state index contributed by atoms with van der Waals surface area (Å²) in [6.45, 7) is 19.3. The van der Waals surface area contributed by atoms with Gasteiger partial charge in [0.2, 0.25) is 20.0 Å². The highest BCUT2D eigenvalue weighted by molar-refractivity contribution is 7.89. The molecule has 6 N–H and O–H groups in total. The van der Waals surface area contributed by atoms with Crippen molar-refractivity contribution in [3.63, 3.8) is 0 Å². The number of para-hydroxylation sites is 4. The van der Waals surface area contributed by atoms with Gasteiger partial charge in [-0.1, -0.05) is 60.7 Å². The molecule has 6 heterocycles. The number of pyridine rings is 2. The largest absolute Gasteiger partial charge is 0.477 e. The van der Waals surface area contributed by atoms with Gasteiger partial charge in [-0.2, -0.15) is 10.5 Å². The number of primary sulfonamides is 2. The first-order valence-electron chi connectivity index (χ1n) is 29.0. The summed E-state index contributed by atoms with van der Waals surface area (Å²) in [4.78, 5) is 45.3. The van der Waals surface area contributed by atoms with Gasteiger partial charge in [-0.3, -0.25) is 4.79 Å². The van der Waals surface area contributed by atoms with Crippen LogP contribution in [0.4, 0.5) is 22.7 Å². The fourth-order valence-corrected chi connectivity index (χ4v) is 13.6. The number of carbonyl (C=O) groups is 2. The van der Waals surface area contributed by atoms with Crippen molar-refractivity contribution in [1.29, 1.82) is 10.5 Å². The van der Waals surface area contributed by atoms with Crippen LogP contribution in [-0.4, -0.2) is 126 Å². The monoisotopic (exact) mass is 1190 g/mol. The van der Waals surface area contributed by atoms with Gasteiger partial charge in [0.05, 0.1) is 33.9 Å². The number of benzene rings is 4. The average molecular weight is 1190 g/mol. The number of anilines is 4. The second kappa shape index (κ2) is 27.9. The summed E-state index contributed by atoms with van der Waals surface area (Å²) in [6.07, 6.45) is 5.64. The summed E-state index contributed by atoms with van der Waals surface area (Å²) < 4.78 is 47.3. The molecule has 0 bridgehead atoms. The summed E-state index contributed by atoms with van der Waals surface area (Å²) in [5, 5.41) is 42.1. The third kappa shape index (κ3) is 15.7. The number of sulfonamides is 2. The van der Waals surface area contributed by atoms with Gasteiger partial charge < -0.3 is 34.9 Å². The highest BCUT2D eigenvalue weighted by Crippen LogP contribution is 2.33. The number of carboxylic acid groups (broad SMARTS) is 1. The number of aromatic carboxylic acids is 1. The number of nitriles is 2. The van der Waals surface area contributed by atoms with Gasteiger partial charge >= 0.3 is 5.97 Å². The number of aromatic nitrogens is 2. The number of piperazine rings is 2. The summed E-state index contributed by atoms with van der Waals surface area (Å²) in [5.74, 6) is -0.125. The van der Waals surface area contributed by atoms with Gasteiger partial charge in [0, 0.05) is 88.9 Å². The predicted molar refractivity (Wildman–Crippen MR) is 332 cm³/mol. The topological polar surface area (TPSA) is 276 Å². The van der Waals surface area contributed by atoms with Crippen molar-refractivity contribution in [2.75, 3.05) is 85.0 Å². The number of nitrogens with one attached hydrogen (secondary N) is 1. The number of carboxylic acids is 1. The molecule has 21 heteroatoms. The molecule has 4 fully saturated rings. The first-order chi connectivity index (χ1) is 40.5. The number of nitrogens with two attached hydrogens (primary N) is 2. The van der Waals surface area contributed by atoms with E-state index in [2.05, 4.69) is 57.1 Å². The zero-order valence-electron chi connectivity index (χ0n) is 49.4. The molecule has 448 valence electrons. The minimum Gasteiger partial charge on any atom is -0.477 e. The van der Waals surface area contributed by atoms with E-state index >= 15 is 0 Å². The number of hydrogen-bond acceptors (Lipinski definition) is 15. The lowest BCUT2D eigenvalue weighted by molar-refractivity contribution is 0.0663. The smallest absolute Gasteiger partial charge is 0.354 e. The summed E-state index contributed by atoms with van der Waals surface area (Å²) in [5.41, 5.74) is 10.9.